The SMILES string of the molecule is Cc1ccc([C@@H](CNC(=O)COc2ccc(F)cc2)N2CCCCC2)cc1. The number of amides is 1. The lowest BCUT2D eigenvalue weighted by Crippen LogP contribution is -2.41. The summed E-state index contributed by atoms with van der Waals surface area (Å²) in [5.41, 5.74) is 2.45. The lowest BCUT2D eigenvalue weighted by atomic mass is 10.0. The number of hydrogen-bond donors (Lipinski definition) is 1. The van der Waals surface area contributed by atoms with Gasteiger partial charge in [-0.15, -0.1) is 0 Å². The molecule has 1 amide bonds. The summed E-state index contributed by atoms with van der Waals surface area (Å²) in [5, 5.41) is 3.00. The maximum Gasteiger partial charge on any atom is 0.258 e. The number of piperidine rings is 1. The fourth-order valence-electron chi connectivity index (χ4n) is 3.42. The number of rotatable bonds is 7. The largest absolute Gasteiger partial charge is 0.484 e. The fraction of sp³-hybridized carbons (Fsp3) is 0.409. The molecule has 1 heterocycles. The van der Waals surface area contributed by atoms with Crippen LogP contribution >= 0.6 is 0 Å². The molecule has 0 aliphatic carbocycles. The van der Waals surface area contributed by atoms with Gasteiger partial charge in [-0.2, -0.15) is 0 Å². The van der Waals surface area contributed by atoms with Crippen molar-refractivity contribution in [3.05, 3.63) is 65.5 Å². The van der Waals surface area contributed by atoms with E-state index in [1.807, 2.05) is 0 Å². The Hall–Kier alpha value is -2.40. The Balaban J connectivity index is 1.57. The molecule has 1 fully saturated rings. The van der Waals surface area contributed by atoms with E-state index in [-0.39, 0.29) is 24.4 Å². The van der Waals surface area contributed by atoms with E-state index in [9.17, 15) is 9.18 Å². The number of carbonyl (C=O) groups is 1. The van der Waals surface area contributed by atoms with Gasteiger partial charge in [0.05, 0.1) is 6.04 Å². The Morgan fingerprint density at radius 3 is 2.41 bits per heavy atom. The second kappa shape index (κ2) is 9.51. The molecule has 1 saturated heterocycles. The van der Waals surface area contributed by atoms with Crippen molar-refractivity contribution in [1.29, 1.82) is 0 Å². The van der Waals surface area contributed by atoms with Crippen molar-refractivity contribution < 1.29 is 13.9 Å². The monoisotopic (exact) mass is 370 g/mol. The van der Waals surface area contributed by atoms with Crippen molar-refractivity contribution >= 4 is 5.91 Å². The van der Waals surface area contributed by atoms with Gasteiger partial charge in [-0.25, -0.2) is 4.39 Å². The van der Waals surface area contributed by atoms with Gasteiger partial charge in [-0.05, 0) is 62.7 Å². The number of aryl methyl sites for hydroxylation is 1. The number of hydrogen-bond acceptors (Lipinski definition) is 3. The summed E-state index contributed by atoms with van der Waals surface area (Å²) in [5.74, 6) is -0.0135. The number of ether oxygens (including phenoxy) is 1. The summed E-state index contributed by atoms with van der Waals surface area (Å²) in [7, 11) is 0. The molecule has 5 heteroatoms. The van der Waals surface area contributed by atoms with Crippen molar-refractivity contribution in [2.75, 3.05) is 26.2 Å². The van der Waals surface area contributed by atoms with E-state index >= 15 is 0 Å². The Bertz CT molecular complexity index is 725. The zero-order valence-corrected chi connectivity index (χ0v) is 15.8. The first-order valence-electron chi connectivity index (χ1n) is 9.57. The number of nitrogens with zero attached hydrogens (tertiary/aromatic N) is 1. The second-order valence-electron chi connectivity index (χ2n) is 7.07. The molecule has 3 rings (SSSR count). The predicted molar refractivity (Wildman–Crippen MR) is 104 cm³/mol. The van der Waals surface area contributed by atoms with Gasteiger partial charge in [-0.1, -0.05) is 36.2 Å². The summed E-state index contributed by atoms with van der Waals surface area (Å²) < 4.78 is 18.3. The van der Waals surface area contributed by atoms with Crippen molar-refractivity contribution in [3.8, 4) is 5.75 Å². The van der Waals surface area contributed by atoms with E-state index in [1.54, 1.807) is 0 Å². The third kappa shape index (κ3) is 5.79. The van der Waals surface area contributed by atoms with E-state index in [2.05, 4.69) is 41.4 Å². The van der Waals surface area contributed by atoms with Gasteiger partial charge in [0.1, 0.15) is 11.6 Å². The third-order valence-corrected chi connectivity index (χ3v) is 4.97. The molecule has 0 saturated carbocycles. The van der Waals surface area contributed by atoms with Gasteiger partial charge in [-0.3, -0.25) is 9.69 Å². The smallest absolute Gasteiger partial charge is 0.258 e. The van der Waals surface area contributed by atoms with Crippen LogP contribution in [0.3, 0.4) is 0 Å². The number of likely N-dealkylation sites (tertiary alicyclic amines) is 1. The molecule has 0 unspecified atom stereocenters. The highest BCUT2D eigenvalue weighted by atomic mass is 19.1. The molecular formula is C22H27FN2O2. The van der Waals surface area contributed by atoms with E-state index in [0.29, 0.717) is 12.3 Å². The van der Waals surface area contributed by atoms with Crippen molar-refractivity contribution in [2.45, 2.75) is 32.2 Å². The van der Waals surface area contributed by atoms with Crippen molar-refractivity contribution in [1.82, 2.24) is 10.2 Å². The zero-order valence-electron chi connectivity index (χ0n) is 15.8. The Morgan fingerprint density at radius 2 is 1.74 bits per heavy atom. The van der Waals surface area contributed by atoms with Crippen LogP contribution in [0.25, 0.3) is 0 Å². The molecule has 27 heavy (non-hydrogen) atoms. The summed E-state index contributed by atoms with van der Waals surface area (Å²) >= 11 is 0. The van der Waals surface area contributed by atoms with E-state index in [0.717, 1.165) is 13.1 Å². The fourth-order valence-corrected chi connectivity index (χ4v) is 3.42. The number of halogens is 1. The van der Waals surface area contributed by atoms with Gasteiger partial charge in [0.25, 0.3) is 5.91 Å². The predicted octanol–water partition coefficient (Wildman–Crippen LogP) is 3.86. The first-order chi connectivity index (χ1) is 13.1. The van der Waals surface area contributed by atoms with Gasteiger partial charge >= 0.3 is 0 Å². The lowest BCUT2D eigenvalue weighted by molar-refractivity contribution is -0.123. The molecule has 1 aliphatic heterocycles. The number of nitrogens with one attached hydrogen (secondary N) is 1. The minimum absolute atomic E-state index is 0.0771. The van der Waals surface area contributed by atoms with Crippen LogP contribution in [0.2, 0.25) is 0 Å². The molecule has 2 aromatic carbocycles. The molecule has 0 radical (unpaired) electrons. The molecule has 144 valence electrons. The zero-order chi connectivity index (χ0) is 19.1. The van der Waals surface area contributed by atoms with E-state index in [1.165, 1.54) is 54.7 Å². The third-order valence-electron chi connectivity index (χ3n) is 4.97. The molecule has 4 nitrogen and oxygen atoms in total. The summed E-state index contributed by atoms with van der Waals surface area (Å²) in [6.45, 7) is 4.66. The van der Waals surface area contributed by atoms with Crippen LogP contribution < -0.4 is 10.1 Å². The van der Waals surface area contributed by atoms with Crippen LogP contribution in [0.15, 0.2) is 48.5 Å². The van der Waals surface area contributed by atoms with E-state index in [4.69, 9.17) is 4.74 Å². The highest BCUT2D eigenvalue weighted by Gasteiger charge is 2.22. The van der Waals surface area contributed by atoms with Crippen molar-refractivity contribution in [3.63, 3.8) is 0 Å². The van der Waals surface area contributed by atoms with Gasteiger partial charge in [0.15, 0.2) is 6.61 Å². The molecule has 0 bridgehead atoms. The number of carbonyl (C=O) groups excluding carboxylic acids is 1. The second-order valence-corrected chi connectivity index (χ2v) is 7.07. The van der Waals surface area contributed by atoms with Crippen LogP contribution in [-0.4, -0.2) is 37.0 Å². The van der Waals surface area contributed by atoms with Crippen LogP contribution in [0.5, 0.6) is 5.75 Å². The Morgan fingerprint density at radius 1 is 1.07 bits per heavy atom. The number of benzene rings is 2. The highest BCUT2D eigenvalue weighted by molar-refractivity contribution is 5.77. The van der Waals surface area contributed by atoms with Gasteiger partial charge in [0, 0.05) is 6.54 Å². The highest BCUT2D eigenvalue weighted by Crippen LogP contribution is 2.24. The van der Waals surface area contributed by atoms with Crippen LogP contribution in [0, 0.1) is 12.7 Å². The standard InChI is InChI=1S/C22H27FN2O2/c1-17-5-7-18(8-6-17)21(25-13-3-2-4-14-25)15-24-22(26)16-27-20-11-9-19(23)10-12-20/h5-12,21H,2-4,13-16H2,1H3,(H,24,26)/t21-/m1/s1. The topological polar surface area (TPSA) is 41.6 Å². The minimum Gasteiger partial charge on any atom is -0.484 e. The molecule has 1 aliphatic rings. The molecule has 1 atom stereocenters. The first-order valence-corrected chi connectivity index (χ1v) is 9.57. The summed E-state index contributed by atoms with van der Waals surface area (Å²) in [6, 6.07) is 14.4. The molecule has 0 spiro atoms. The minimum atomic E-state index is -0.325. The van der Waals surface area contributed by atoms with Gasteiger partial charge in [0.2, 0.25) is 0 Å². The average molecular weight is 370 g/mol. The Kier molecular flexibility index (Phi) is 6.82. The lowest BCUT2D eigenvalue weighted by Gasteiger charge is -2.35. The average Bonchev–Trinajstić information content (AvgIpc) is 2.70. The molecule has 1 N–H and O–H groups in total. The van der Waals surface area contributed by atoms with Crippen LogP contribution in [0.1, 0.15) is 36.4 Å². The molecule has 2 aromatic rings. The first kappa shape index (κ1) is 19.4. The van der Waals surface area contributed by atoms with Crippen LogP contribution in [0.4, 0.5) is 4.39 Å². The van der Waals surface area contributed by atoms with Gasteiger partial charge < -0.3 is 10.1 Å². The quantitative estimate of drug-likeness (QED) is 0.805. The summed E-state index contributed by atoms with van der Waals surface area (Å²) in [4.78, 5) is 14.7. The normalized spacial score (nSPS) is 15.9. The maximum atomic E-state index is 12.9. The van der Waals surface area contributed by atoms with Crippen LogP contribution in [-0.2, 0) is 4.79 Å². The summed E-state index contributed by atoms with van der Waals surface area (Å²) in [6.07, 6.45) is 3.67. The maximum absolute atomic E-state index is 12.9. The molecule has 0 aromatic heterocycles. The Labute approximate surface area is 160 Å². The van der Waals surface area contributed by atoms with E-state index < -0.39 is 0 Å². The molecular weight excluding hydrogens is 343 g/mol. The van der Waals surface area contributed by atoms with Crippen molar-refractivity contribution in [2.24, 2.45) is 0 Å².